The lowest BCUT2D eigenvalue weighted by Crippen LogP contribution is -2.59. The Labute approximate surface area is 315 Å². The maximum atomic E-state index is 14.2. The molecule has 3 amide bonds. The highest BCUT2D eigenvalue weighted by Gasteiger charge is 2.54. The molecule has 2 saturated heterocycles. The van der Waals surface area contributed by atoms with E-state index in [4.69, 9.17) is 21.1 Å². The number of carbonyl (C=O) groups excluding carboxylic acids is 4. The molecule has 1 spiro atoms. The van der Waals surface area contributed by atoms with Gasteiger partial charge in [0.15, 0.2) is 0 Å². The highest BCUT2D eigenvalue weighted by molar-refractivity contribution is 6.30. The fourth-order valence-electron chi connectivity index (χ4n) is 7.70. The van der Waals surface area contributed by atoms with E-state index in [0.717, 1.165) is 33.5 Å². The lowest BCUT2D eigenvalue weighted by molar-refractivity contribution is -0.147. The Hall–Kier alpha value is -5.35. The second kappa shape index (κ2) is 16.5. The molecule has 0 bridgehead atoms. The summed E-state index contributed by atoms with van der Waals surface area (Å²) in [6, 6.07) is 32.1. The summed E-state index contributed by atoms with van der Waals surface area (Å²) in [4.78, 5) is 59.1. The zero-order valence-corrected chi connectivity index (χ0v) is 31.1. The molecule has 4 aromatic rings. The first kappa shape index (κ1) is 37.4. The molecule has 0 saturated carbocycles. The standard InChI is InChI=1S/C40H39ClN4O6.C2H6/c1-50-36(46)24-44-26-45(29-9-3-2-4-10-29)40(38(44)48)19-21-43(22-20-40)37(47)35(23-27-15-17-28(41)18-16-27)42-39(49)51-25-34-32-13-7-5-11-30(32)31-12-6-8-14-33(31)34;1-2/h2-18,34-35H,19-26H2,1H3,(H,42,49);1-2H3/t35-;/m1./s1. The number of benzene rings is 4. The summed E-state index contributed by atoms with van der Waals surface area (Å²) in [5.74, 6) is -1.05. The van der Waals surface area contributed by atoms with Crippen LogP contribution in [0.2, 0.25) is 5.02 Å². The minimum atomic E-state index is -0.932. The smallest absolute Gasteiger partial charge is 0.407 e. The van der Waals surface area contributed by atoms with Gasteiger partial charge < -0.3 is 29.5 Å². The number of rotatable bonds is 9. The molecule has 10 nitrogen and oxygen atoms in total. The molecule has 11 heteroatoms. The van der Waals surface area contributed by atoms with Gasteiger partial charge in [-0.25, -0.2) is 4.79 Å². The monoisotopic (exact) mass is 736 g/mol. The third-order valence-electron chi connectivity index (χ3n) is 10.3. The Kier molecular flexibility index (Phi) is 11.7. The highest BCUT2D eigenvalue weighted by atomic mass is 35.5. The van der Waals surface area contributed by atoms with Crippen molar-refractivity contribution in [2.75, 3.05) is 44.9 Å². The van der Waals surface area contributed by atoms with Crippen molar-refractivity contribution in [3.8, 4) is 11.1 Å². The quantitative estimate of drug-likeness (QED) is 0.192. The zero-order chi connectivity index (χ0) is 37.5. The van der Waals surface area contributed by atoms with E-state index in [2.05, 4.69) is 29.6 Å². The number of anilines is 1. The van der Waals surface area contributed by atoms with E-state index in [-0.39, 0.29) is 57.1 Å². The van der Waals surface area contributed by atoms with Gasteiger partial charge in [0.1, 0.15) is 24.7 Å². The van der Waals surface area contributed by atoms with Crippen molar-refractivity contribution in [2.45, 2.75) is 50.6 Å². The number of likely N-dealkylation sites (tertiary alicyclic amines) is 1. The van der Waals surface area contributed by atoms with E-state index in [9.17, 15) is 19.2 Å². The van der Waals surface area contributed by atoms with E-state index in [1.807, 2.05) is 85.5 Å². The average Bonchev–Trinajstić information content (AvgIpc) is 3.66. The van der Waals surface area contributed by atoms with Crippen molar-refractivity contribution in [1.29, 1.82) is 0 Å². The predicted octanol–water partition coefficient (Wildman–Crippen LogP) is 6.66. The molecule has 2 heterocycles. The number of nitrogens with one attached hydrogen (secondary N) is 1. The van der Waals surface area contributed by atoms with Crippen LogP contribution < -0.4 is 10.2 Å². The normalized spacial score (nSPS) is 16.3. The summed E-state index contributed by atoms with van der Waals surface area (Å²) in [5, 5.41) is 3.43. The largest absolute Gasteiger partial charge is 0.468 e. The van der Waals surface area contributed by atoms with Crippen molar-refractivity contribution in [3.05, 3.63) is 125 Å². The van der Waals surface area contributed by atoms with Crippen molar-refractivity contribution in [2.24, 2.45) is 0 Å². The first-order valence-corrected chi connectivity index (χ1v) is 18.5. The predicted molar refractivity (Wildman–Crippen MR) is 205 cm³/mol. The molecular formula is C42H45ClN4O6. The van der Waals surface area contributed by atoms with Crippen LogP contribution in [0.3, 0.4) is 0 Å². The minimum Gasteiger partial charge on any atom is -0.468 e. The maximum Gasteiger partial charge on any atom is 0.407 e. The summed E-state index contributed by atoms with van der Waals surface area (Å²) in [7, 11) is 1.30. The fourth-order valence-corrected chi connectivity index (χ4v) is 7.82. The van der Waals surface area contributed by atoms with Gasteiger partial charge in [0.25, 0.3) is 5.91 Å². The number of amides is 3. The van der Waals surface area contributed by atoms with Crippen LogP contribution in [0.25, 0.3) is 11.1 Å². The zero-order valence-electron chi connectivity index (χ0n) is 30.3. The number of esters is 1. The molecule has 2 fully saturated rings. The molecule has 276 valence electrons. The Balaban J connectivity index is 0.00000236. The van der Waals surface area contributed by atoms with Gasteiger partial charge in [0.2, 0.25) is 5.91 Å². The third-order valence-corrected chi connectivity index (χ3v) is 10.6. The van der Waals surface area contributed by atoms with Gasteiger partial charge in [-0.15, -0.1) is 0 Å². The number of fused-ring (bicyclic) bond motifs is 3. The number of piperidine rings is 1. The summed E-state index contributed by atoms with van der Waals surface area (Å²) in [5.41, 5.74) is 5.19. The highest BCUT2D eigenvalue weighted by Crippen LogP contribution is 2.44. The van der Waals surface area contributed by atoms with Crippen LogP contribution in [0, 0.1) is 0 Å². The fraction of sp³-hybridized carbons (Fsp3) is 0.333. The van der Waals surface area contributed by atoms with Crippen LogP contribution in [0.5, 0.6) is 0 Å². The second-order valence-corrected chi connectivity index (χ2v) is 13.6. The van der Waals surface area contributed by atoms with E-state index in [1.165, 1.54) is 12.0 Å². The van der Waals surface area contributed by atoms with Crippen LogP contribution in [-0.4, -0.2) is 85.3 Å². The first-order valence-electron chi connectivity index (χ1n) is 18.1. The molecule has 4 aromatic carbocycles. The number of carbonyl (C=O) groups is 4. The minimum absolute atomic E-state index is 0.119. The number of hydrogen-bond acceptors (Lipinski definition) is 7. The molecular weight excluding hydrogens is 692 g/mol. The number of nitrogens with zero attached hydrogens (tertiary/aromatic N) is 3. The van der Waals surface area contributed by atoms with Gasteiger partial charge in [-0.1, -0.05) is 104 Å². The van der Waals surface area contributed by atoms with Crippen molar-refractivity contribution in [3.63, 3.8) is 0 Å². The second-order valence-electron chi connectivity index (χ2n) is 13.2. The van der Waals surface area contributed by atoms with Gasteiger partial charge in [0, 0.05) is 36.1 Å². The third kappa shape index (κ3) is 7.74. The van der Waals surface area contributed by atoms with Crippen molar-refractivity contribution >= 4 is 41.2 Å². The molecule has 0 unspecified atom stereocenters. The number of para-hydroxylation sites is 1. The van der Waals surface area contributed by atoms with Gasteiger partial charge >= 0.3 is 12.1 Å². The van der Waals surface area contributed by atoms with Crippen LogP contribution in [0.1, 0.15) is 49.3 Å². The number of hydrogen-bond donors (Lipinski definition) is 1. The van der Waals surface area contributed by atoms with E-state index in [1.54, 1.807) is 17.0 Å². The van der Waals surface area contributed by atoms with Gasteiger partial charge in [-0.2, -0.15) is 0 Å². The number of methoxy groups -OCH3 is 1. The molecule has 1 atom stereocenters. The molecule has 0 aromatic heterocycles. The van der Waals surface area contributed by atoms with Crippen LogP contribution in [0.15, 0.2) is 103 Å². The number of alkyl carbamates (subject to hydrolysis) is 1. The topological polar surface area (TPSA) is 108 Å². The van der Waals surface area contributed by atoms with Crippen LogP contribution >= 0.6 is 11.6 Å². The lowest BCUT2D eigenvalue weighted by atomic mass is 9.85. The molecule has 1 N–H and O–H groups in total. The van der Waals surface area contributed by atoms with E-state index < -0.39 is 23.6 Å². The molecule has 7 rings (SSSR count). The summed E-state index contributed by atoms with van der Waals surface area (Å²) < 4.78 is 10.7. The van der Waals surface area contributed by atoms with Crippen molar-refractivity contribution in [1.82, 2.24) is 15.1 Å². The van der Waals surface area contributed by atoms with Gasteiger partial charge in [-0.05, 0) is 64.9 Å². The van der Waals surface area contributed by atoms with E-state index >= 15 is 0 Å². The van der Waals surface area contributed by atoms with Crippen LogP contribution in [0.4, 0.5) is 10.5 Å². The van der Waals surface area contributed by atoms with Crippen molar-refractivity contribution < 1.29 is 28.7 Å². The maximum absolute atomic E-state index is 14.2. The Morgan fingerprint density at radius 2 is 1.43 bits per heavy atom. The van der Waals surface area contributed by atoms with Gasteiger partial charge in [0.05, 0.1) is 13.8 Å². The first-order chi connectivity index (χ1) is 25.8. The Morgan fingerprint density at radius 1 is 0.849 bits per heavy atom. The summed E-state index contributed by atoms with van der Waals surface area (Å²) >= 11 is 6.14. The average molecular weight is 737 g/mol. The molecule has 2 aliphatic heterocycles. The number of ether oxygens (including phenoxy) is 2. The summed E-state index contributed by atoms with van der Waals surface area (Å²) in [6.45, 7) is 4.76. The Morgan fingerprint density at radius 3 is 2.04 bits per heavy atom. The Bertz CT molecular complexity index is 1880. The van der Waals surface area contributed by atoms with Gasteiger partial charge in [-0.3, -0.25) is 14.4 Å². The van der Waals surface area contributed by atoms with Crippen LogP contribution in [-0.2, 0) is 30.3 Å². The summed E-state index contributed by atoms with van der Waals surface area (Å²) in [6.07, 6.45) is 0.243. The number of halogens is 1. The van der Waals surface area contributed by atoms with E-state index in [0.29, 0.717) is 17.9 Å². The molecule has 1 aliphatic carbocycles. The molecule has 0 radical (unpaired) electrons. The molecule has 3 aliphatic rings. The molecule has 53 heavy (non-hydrogen) atoms. The SMILES string of the molecule is CC.COC(=O)CN1CN(c2ccccc2)C2(CCN(C(=O)[C@@H](Cc3ccc(Cl)cc3)NC(=O)OCC3c4ccccc4-c4ccccc43)CC2)C1=O. The lowest BCUT2D eigenvalue weighted by Gasteiger charge is -2.44.